The Morgan fingerprint density at radius 1 is 0.875 bits per heavy atom. The van der Waals surface area contributed by atoms with Gasteiger partial charge in [0.1, 0.15) is 48.3 Å². The van der Waals surface area contributed by atoms with Crippen LogP contribution in [-0.4, -0.2) is 112 Å². The molecule has 0 N–H and O–H groups in total. The van der Waals surface area contributed by atoms with Crippen LogP contribution in [0.4, 0.5) is 4.39 Å². The molecule has 3 aromatic heterocycles. The number of para-hydroxylation sites is 2. The summed E-state index contributed by atoms with van der Waals surface area (Å²) in [5, 5.41) is 9.73. The van der Waals surface area contributed by atoms with Gasteiger partial charge in [-0.05, 0) is 92.2 Å². The highest BCUT2D eigenvalue weighted by Gasteiger charge is 2.30. The van der Waals surface area contributed by atoms with Gasteiger partial charge in [0.25, 0.3) is 0 Å². The van der Waals surface area contributed by atoms with E-state index in [1.54, 1.807) is 38.4 Å². The van der Waals surface area contributed by atoms with Crippen molar-refractivity contribution in [2.45, 2.75) is 33.0 Å². The van der Waals surface area contributed by atoms with Crippen molar-refractivity contribution in [3.63, 3.8) is 0 Å². The van der Waals surface area contributed by atoms with E-state index in [-0.39, 0.29) is 25.5 Å². The van der Waals surface area contributed by atoms with Crippen molar-refractivity contribution in [2.75, 3.05) is 60.1 Å². The third-order valence-corrected chi connectivity index (χ3v) is 11.5. The second kappa shape index (κ2) is 20.2. The molecule has 1 fully saturated rings. The molecule has 7 aromatic rings. The van der Waals surface area contributed by atoms with Gasteiger partial charge in [-0.25, -0.2) is 19.2 Å². The summed E-state index contributed by atoms with van der Waals surface area (Å²) in [6.45, 7) is 9.09. The van der Waals surface area contributed by atoms with E-state index in [1.165, 1.54) is 23.1 Å². The highest BCUT2D eigenvalue weighted by Crippen LogP contribution is 2.43. The monoisotopic (exact) mass is 886 g/mol. The van der Waals surface area contributed by atoms with E-state index in [9.17, 15) is 9.18 Å². The van der Waals surface area contributed by atoms with Crippen LogP contribution < -0.4 is 18.9 Å². The van der Waals surface area contributed by atoms with Crippen molar-refractivity contribution in [2.24, 2.45) is 0 Å². The third kappa shape index (κ3) is 9.91. The van der Waals surface area contributed by atoms with Gasteiger partial charge in [0.05, 0.1) is 30.0 Å². The molecule has 4 heterocycles. The lowest BCUT2D eigenvalue weighted by Gasteiger charge is -2.32. The molecule has 0 saturated carbocycles. The average Bonchev–Trinajstić information content (AvgIpc) is 3.71. The fourth-order valence-corrected chi connectivity index (χ4v) is 7.78. The lowest BCUT2D eigenvalue weighted by Crippen LogP contribution is -2.45. The number of esters is 1. The molecule has 8 rings (SSSR count). The number of piperazine rings is 1. The minimum Gasteiger partial charge on any atom is -0.496 e. The zero-order valence-corrected chi connectivity index (χ0v) is 36.8. The number of benzene rings is 4. The number of carbonyl (C=O) groups is 1. The maximum absolute atomic E-state index is 14.3. The molecule has 0 bridgehead atoms. The summed E-state index contributed by atoms with van der Waals surface area (Å²) in [4.78, 5) is 32.2. The van der Waals surface area contributed by atoms with Gasteiger partial charge in [0.15, 0.2) is 11.3 Å². The first-order chi connectivity index (χ1) is 31.2. The number of aromatic nitrogens is 6. The topological polar surface area (TPSA) is 139 Å². The molecule has 64 heavy (non-hydrogen) atoms. The predicted molar refractivity (Wildman–Crippen MR) is 240 cm³/mol. The minimum absolute atomic E-state index is 0.0563. The van der Waals surface area contributed by atoms with E-state index in [2.05, 4.69) is 31.9 Å². The van der Waals surface area contributed by atoms with E-state index in [4.69, 9.17) is 45.4 Å². The van der Waals surface area contributed by atoms with Crippen LogP contribution in [-0.2, 0) is 22.6 Å². The molecule has 0 aliphatic carbocycles. The van der Waals surface area contributed by atoms with Crippen LogP contribution in [0.25, 0.3) is 39.3 Å². The van der Waals surface area contributed by atoms with Gasteiger partial charge < -0.3 is 28.6 Å². The number of methoxy groups -OCH3 is 1. The quantitative estimate of drug-likeness (QED) is 0.0824. The summed E-state index contributed by atoms with van der Waals surface area (Å²) in [7, 11) is 3.73. The van der Waals surface area contributed by atoms with Gasteiger partial charge in [-0.15, -0.1) is 14.8 Å². The molecule has 1 atom stereocenters. The van der Waals surface area contributed by atoms with Gasteiger partial charge >= 0.3 is 5.97 Å². The maximum atomic E-state index is 14.3. The minimum atomic E-state index is -1.18. The van der Waals surface area contributed by atoms with Crippen molar-refractivity contribution >= 4 is 23.1 Å². The Bertz CT molecular complexity index is 2730. The van der Waals surface area contributed by atoms with E-state index >= 15 is 0 Å². The highest BCUT2D eigenvalue weighted by atomic mass is 35.5. The number of fused-ring (bicyclic) bond motifs is 1. The fraction of sp³-hybridized carbons (Fsp3) is 0.292. The normalized spacial score (nSPS) is 13.7. The fourth-order valence-electron chi connectivity index (χ4n) is 7.56. The van der Waals surface area contributed by atoms with E-state index < -0.39 is 17.9 Å². The number of likely N-dealkylation sites (N-methyl/N-ethyl adjacent to an activating group) is 1. The number of nitrogens with zero attached hydrogens (tertiary/aromatic N) is 8. The zero-order chi connectivity index (χ0) is 44.6. The molecule has 0 amide bonds. The lowest BCUT2D eigenvalue weighted by atomic mass is 9.96. The second-order valence-corrected chi connectivity index (χ2v) is 15.6. The van der Waals surface area contributed by atoms with Gasteiger partial charge in [0.2, 0.25) is 12.0 Å². The molecule has 330 valence electrons. The molecule has 0 radical (unpaired) electrons. The number of carbonyl (C=O) groups excluding carboxylic acids is 1. The van der Waals surface area contributed by atoms with Gasteiger partial charge in [0, 0.05) is 56.5 Å². The lowest BCUT2D eigenvalue weighted by molar-refractivity contribution is -0.151. The molecular formula is C48H48ClFN8O6. The number of hydrogen-bond donors (Lipinski definition) is 0. The van der Waals surface area contributed by atoms with Crippen molar-refractivity contribution in [1.29, 1.82) is 0 Å². The number of halogens is 2. The average molecular weight is 887 g/mol. The Hall–Kier alpha value is -6.68. The van der Waals surface area contributed by atoms with Crippen molar-refractivity contribution in [1.82, 2.24) is 39.6 Å². The summed E-state index contributed by atoms with van der Waals surface area (Å²) < 4.78 is 45.9. The van der Waals surface area contributed by atoms with Gasteiger partial charge in [-0.3, -0.25) is 4.90 Å². The molecule has 4 aromatic carbocycles. The van der Waals surface area contributed by atoms with Gasteiger partial charge in [-0.2, -0.15) is 4.98 Å². The Kier molecular flexibility index (Phi) is 13.9. The number of rotatable bonds is 17. The summed E-state index contributed by atoms with van der Waals surface area (Å²) in [6, 6.07) is 26.4. The highest BCUT2D eigenvalue weighted by molar-refractivity contribution is 6.33. The van der Waals surface area contributed by atoms with Gasteiger partial charge in [-0.1, -0.05) is 48.0 Å². The standard InChI is InChI=1S/C48H48ClFN8O6/c1-5-61-48(59)41(28-33-10-6-8-12-38(33)63-29-35-20-21-51-46(54-35)37-11-7-9-13-39(37)60-4)64-47-45-42(44(55-58(45)53-30-52-47)32-14-16-34(50)17-15-32)36-18-19-40(43(49)31(36)2)62-27-26-57-24-22-56(3)23-25-57/h6-21,30,41H,5,22-29H2,1-4H3. The third-order valence-electron chi connectivity index (χ3n) is 11.0. The first kappa shape index (κ1) is 43.9. The Morgan fingerprint density at radius 3 is 2.42 bits per heavy atom. The van der Waals surface area contributed by atoms with E-state index in [1.807, 2.05) is 67.6 Å². The molecular weight excluding hydrogens is 839 g/mol. The van der Waals surface area contributed by atoms with Crippen molar-refractivity contribution in [3.05, 3.63) is 131 Å². The Balaban J connectivity index is 1.10. The summed E-state index contributed by atoms with van der Waals surface area (Å²) in [6.07, 6.45) is 1.84. The largest absolute Gasteiger partial charge is 0.496 e. The van der Waals surface area contributed by atoms with Crippen LogP contribution in [0.3, 0.4) is 0 Å². The number of hydrogen-bond acceptors (Lipinski definition) is 13. The van der Waals surface area contributed by atoms with Crippen molar-refractivity contribution in [3.8, 4) is 56.9 Å². The van der Waals surface area contributed by atoms with Crippen LogP contribution in [0, 0.1) is 12.7 Å². The molecule has 1 aliphatic rings. The van der Waals surface area contributed by atoms with Crippen LogP contribution >= 0.6 is 11.6 Å². The SMILES string of the molecule is CCOC(=O)C(Cc1ccccc1OCc1ccnc(-c2ccccc2OC)n1)Oc1ncnn2nc(-c3ccc(F)cc3)c(-c3ccc(OCCN4CCN(C)CC4)c(Cl)c3C)c12. The van der Waals surface area contributed by atoms with Crippen LogP contribution in [0.15, 0.2) is 104 Å². The maximum Gasteiger partial charge on any atom is 0.347 e. The first-order valence-corrected chi connectivity index (χ1v) is 21.4. The molecule has 14 nitrogen and oxygen atoms in total. The molecule has 16 heteroatoms. The Morgan fingerprint density at radius 2 is 1.64 bits per heavy atom. The van der Waals surface area contributed by atoms with E-state index in [0.29, 0.717) is 79.4 Å². The summed E-state index contributed by atoms with van der Waals surface area (Å²) in [5.41, 5.74) is 5.47. The number of ether oxygens (including phenoxy) is 5. The van der Waals surface area contributed by atoms with Crippen LogP contribution in [0.2, 0.25) is 5.02 Å². The van der Waals surface area contributed by atoms with Crippen LogP contribution in [0.5, 0.6) is 23.1 Å². The van der Waals surface area contributed by atoms with Crippen molar-refractivity contribution < 1.29 is 32.9 Å². The molecule has 1 aliphatic heterocycles. The smallest absolute Gasteiger partial charge is 0.347 e. The predicted octanol–water partition coefficient (Wildman–Crippen LogP) is 7.78. The van der Waals surface area contributed by atoms with Crippen LogP contribution in [0.1, 0.15) is 23.7 Å². The summed E-state index contributed by atoms with van der Waals surface area (Å²) in [5.74, 6) is 1.28. The second-order valence-electron chi connectivity index (χ2n) is 15.2. The van der Waals surface area contributed by atoms with E-state index in [0.717, 1.165) is 38.3 Å². The molecule has 0 spiro atoms. The zero-order valence-electron chi connectivity index (χ0n) is 36.0. The summed E-state index contributed by atoms with van der Waals surface area (Å²) >= 11 is 7.07. The molecule has 1 saturated heterocycles. The Labute approximate surface area is 375 Å². The first-order valence-electron chi connectivity index (χ1n) is 21.0. The molecule has 1 unspecified atom stereocenters.